The van der Waals surface area contributed by atoms with E-state index in [9.17, 15) is 9.59 Å². The molecule has 1 aromatic rings. The lowest BCUT2D eigenvalue weighted by molar-refractivity contribution is -0.141. The van der Waals surface area contributed by atoms with Crippen LogP contribution in [0.5, 0.6) is 0 Å². The SMILES string of the molecule is O=C(O)[C@@H]1CCN(C(=O)c2sccc2C2CC2)C1. The highest BCUT2D eigenvalue weighted by molar-refractivity contribution is 7.12. The van der Waals surface area contributed by atoms with E-state index in [1.54, 1.807) is 4.90 Å². The summed E-state index contributed by atoms with van der Waals surface area (Å²) in [5, 5.41) is 10.9. The Balaban J connectivity index is 1.75. The number of amides is 1. The average molecular weight is 265 g/mol. The summed E-state index contributed by atoms with van der Waals surface area (Å²) < 4.78 is 0. The minimum Gasteiger partial charge on any atom is -0.481 e. The number of carboxylic acids is 1. The molecule has 1 atom stereocenters. The Labute approximate surface area is 109 Å². The average Bonchev–Trinajstić information content (AvgIpc) is 2.92. The second-order valence-corrected chi connectivity index (χ2v) is 5.97. The van der Waals surface area contributed by atoms with E-state index in [4.69, 9.17) is 5.11 Å². The van der Waals surface area contributed by atoms with Gasteiger partial charge in [0.2, 0.25) is 0 Å². The summed E-state index contributed by atoms with van der Waals surface area (Å²) in [5.74, 6) is -0.596. The molecule has 2 heterocycles. The molecule has 1 aromatic heterocycles. The molecule has 0 bridgehead atoms. The second kappa shape index (κ2) is 4.39. The van der Waals surface area contributed by atoms with Crippen molar-refractivity contribution in [3.8, 4) is 0 Å². The minimum atomic E-state index is -0.793. The fourth-order valence-corrected chi connectivity index (χ4v) is 3.45. The number of hydrogen-bond donors (Lipinski definition) is 1. The maximum atomic E-state index is 12.4. The molecule has 0 radical (unpaired) electrons. The summed E-state index contributed by atoms with van der Waals surface area (Å²) in [6.45, 7) is 0.925. The summed E-state index contributed by atoms with van der Waals surface area (Å²) in [7, 11) is 0. The number of carbonyl (C=O) groups is 2. The number of nitrogens with zero attached hydrogens (tertiary/aromatic N) is 1. The van der Waals surface area contributed by atoms with Crippen molar-refractivity contribution in [2.45, 2.75) is 25.2 Å². The van der Waals surface area contributed by atoms with Gasteiger partial charge < -0.3 is 10.0 Å². The van der Waals surface area contributed by atoms with Crippen LogP contribution in [0.4, 0.5) is 0 Å². The molecule has 18 heavy (non-hydrogen) atoms. The molecule has 2 aliphatic rings. The van der Waals surface area contributed by atoms with Gasteiger partial charge in [-0.2, -0.15) is 0 Å². The molecule has 2 fully saturated rings. The molecule has 4 nitrogen and oxygen atoms in total. The van der Waals surface area contributed by atoms with Crippen LogP contribution in [0, 0.1) is 5.92 Å². The van der Waals surface area contributed by atoms with E-state index in [-0.39, 0.29) is 5.91 Å². The smallest absolute Gasteiger partial charge is 0.308 e. The topological polar surface area (TPSA) is 57.6 Å². The maximum absolute atomic E-state index is 12.4. The molecule has 1 N–H and O–H groups in total. The third-order valence-corrected chi connectivity index (χ3v) is 4.65. The van der Waals surface area contributed by atoms with Crippen molar-refractivity contribution < 1.29 is 14.7 Å². The highest BCUT2D eigenvalue weighted by Crippen LogP contribution is 2.43. The van der Waals surface area contributed by atoms with Crippen molar-refractivity contribution in [2.24, 2.45) is 5.92 Å². The van der Waals surface area contributed by atoms with Crippen LogP contribution in [0.2, 0.25) is 0 Å². The molecular weight excluding hydrogens is 250 g/mol. The van der Waals surface area contributed by atoms with E-state index in [1.807, 2.05) is 11.4 Å². The third kappa shape index (κ3) is 2.03. The zero-order valence-corrected chi connectivity index (χ0v) is 10.8. The number of hydrogen-bond acceptors (Lipinski definition) is 3. The fourth-order valence-electron chi connectivity index (χ4n) is 2.50. The van der Waals surface area contributed by atoms with Gasteiger partial charge in [0.1, 0.15) is 0 Å². The van der Waals surface area contributed by atoms with Crippen LogP contribution in [0.15, 0.2) is 11.4 Å². The zero-order valence-electron chi connectivity index (χ0n) is 9.96. The summed E-state index contributed by atoms with van der Waals surface area (Å²) in [6, 6.07) is 2.04. The lowest BCUT2D eigenvalue weighted by Crippen LogP contribution is -2.29. The maximum Gasteiger partial charge on any atom is 0.308 e. The number of aliphatic carboxylic acids is 1. The molecule has 96 valence electrons. The first-order valence-electron chi connectivity index (χ1n) is 6.26. The summed E-state index contributed by atoms with van der Waals surface area (Å²) in [4.78, 5) is 25.8. The highest BCUT2D eigenvalue weighted by Gasteiger charge is 2.35. The van der Waals surface area contributed by atoms with Gasteiger partial charge in [-0.15, -0.1) is 11.3 Å². The summed E-state index contributed by atoms with van der Waals surface area (Å²) in [5.41, 5.74) is 1.17. The summed E-state index contributed by atoms with van der Waals surface area (Å²) >= 11 is 1.48. The highest BCUT2D eigenvalue weighted by atomic mass is 32.1. The van der Waals surface area contributed by atoms with Crippen LogP contribution in [-0.2, 0) is 4.79 Å². The molecule has 0 spiro atoms. The number of likely N-dealkylation sites (tertiary alicyclic amines) is 1. The Morgan fingerprint density at radius 2 is 2.11 bits per heavy atom. The lowest BCUT2D eigenvalue weighted by atomic mass is 10.1. The molecule has 1 amide bonds. The number of rotatable bonds is 3. The van der Waals surface area contributed by atoms with Crippen molar-refractivity contribution >= 4 is 23.2 Å². The normalized spacial score (nSPS) is 23.3. The molecule has 1 saturated carbocycles. The van der Waals surface area contributed by atoms with Crippen LogP contribution in [0.25, 0.3) is 0 Å². The van der Waals surface area contributed by atoms with Crippen molar-refractivity contribution in [1.29, 1.82) is 0 Å². The van der Waals surface area contributed by atoms with Crippen molar-refractivity contribution in [1.82, 2.24) is 4.90 Å². The largest absolute Gasteiger partial charge is 0.481 e. The molecule has 0 unspecified atom stereocenters. The molecule has 5 heteroatoms. The molecule has 1 aliphatic carbocycles. The van der Waals surface area contributed by atoms with Crippen LogP contribution < -0.4 is 0 Å². The molecular formula is C13H15NO3S. The van der Waals surface area contributed by atoms with Crippen molar-refractivity contribution in [2.75, 3.05) is 13.1 Å². The van der Waals surface area contributed by atoms with Crippen LogP contribution >= 0.6 is 11.3 Å². The Hall–Kier alpha value is -1.36. The fraction of sp³-hybridized carbons (Fsp3) is 0.538. The Kier molecular flexibility index (Phi) is 2.86. The second-order valence-electron chi connectivity index (χ2n) is 5.05. The van der Waals surface area contributed by atoms with E-state index in [0.717, 1.165) is 4.88 Å². The van der Waals surface area contributed by atoms with E-state index in [1.165, 1.54) is 29.7 Å². The minimum absolute atomic E-state index is 0.0238. The first-order valence-corrected chi connectivity index (χ1v) is 7.14. The zero-order chi connectivity index (χ0) is 12.7. The van der Waals surface area contributed by atoms with Gasteiger partial charge in [-0.3, -0.25) is 9.59 Å². The lowest BCUT2D eigenvalue weighted by Gasteiger charge is -2.15. The Bertz CT molecular complexity index is 492. The van der Waals surface area contributed by atoms with Gasteiger partial charge in [0.05, 0.1) is 10.8 Å². The van der Waals surface area contributed by atoms with Gasteiger partial charge >= 0.3 is 5.97 Å². The third-order valence-electron chi connectivity index (χ3n) is 3.73. The predicted octanol–water partition coefficient (Wildman–Crippen LogP) is 2.17. The number of thiophene rings is 1. The summed E-state index contributed by atoms with van der Waals surface area (Å²) in [6.07, 6.45) is 2.93. The molecule has 0 aromatic carbocycles. The quantitative estimate of drug-likeness (QED) is 0.911. The van der Waals surface area contributed by atoms with E-state index >= 15 is 0 Å². The van der Waals surface area contributed by atoms with Crippen molar-refractivity contribution in [3.05, 3.63) is 21.9 Å². The first-order chi connectivity index (χ1) is 8.66. The van der Waals surface area contributed by atoms with Gasteiger partial charge in [0.15, 0.2) is 0 Å². The van der Waals surface area contributed by atoms with Crippen LogP contribution in [-0.4, -0.2) is 35.0 Å². The van der Waals surface area contributed by atoms with E-state index in [2.05, 4.69) is 0 Å². The van der Waals surface area contributed by atoms with Gasteiger partial charge in [0, 0.05) is 13.1 Å². The van der Waals surface area contributed by atoms with E-state index < -0.39 is 11.9 Å². The van der Waals surface area contributed by atoms with Crippen molar-refractivity contribution in [3.63, 3.8) is 0 Å². The predicted molar refractivity (Wildman–Crippen MR) is 67.9 cm³/mol. The Morgan fingerprint density at radius 3 is 2.72 bits per heavy atom. The van der Waals surface area contributed by atoms with Crippen LogP contribution in [0.1, 0.15) is 40.4 Å². The monoisotopic (exact) mass is 265 g/mol. The van der Waals surface area contributed by atoms with Gasteiger partial charge in [-0.05, 0) is 42.2 Å². The standard InChI is InChI=1S/C13H15NO3S/c15-12(14-5-3-9(7-14)13(16)17)11-10(4-6-18-11)8-1-2-8/h4,6,8-9H,1-3,5,7H2,(H,16,17)/t9-/m1/s1. The Morgan fingerprint density at radius 1 is 1.33 bits per heavy atom. The van der Waals surface area contributed by atoms with Crippen LogP contribution in [0.3, 0.4) is 0 Å². The molecule has 1 aliphatic heterocycles. The van der Waals surface area contributed by atoms with E-state index in [0.29, 0.717) is 25.4 Å². The number of carboxylic acid groups (broad SMARTS) is 1. The van der Waals surface area contributed by atoms with Gasteiger partial charge in [-0.1, -0.05) is 0 Å². The number of carbonyl (C=O) groups excluding carboxylic acids is 1. The van der Waals surface area contributed by atoms with Gasteiger partial charge in [-0.25, -0.2) is 0 Å². The molecule has 1 saturated heterocycles. The first kappa shape index (κ1) is 11.7. The molecule has 3 rings (SSSR count). The van der Waals surface area contributed by atoms with Gasteiger partial charge in [0.25, 0.3) is 5.91 Å².